The maximum Gasteiger partial charge on any atom is 0.122 e. The van der Waals surface area contributed by atoms with Gasteiger partial charge in [-0.05, 0) is 70.8 Å². The summed E-state index contributed by atoms with van der Waals surface area (Å²) < 4.78 is 0. The van der Waals surface area contributed by atoms with Crippen LogP contribution in [0.4, 0.5) is 0 Å². The molecule has 1 aliphatic heterocycles. The van der Waals surface area contributed by atoms with E-state index < -0.39 is 8.07 Å². The molecule has 0 unspecified atom stereocenters. The van der Waals surface area contributed by atoms with Crippen molar-refractivity contribution in [1.29, 1.82) is 0 Å². The Morgan fingerprint density at radius 1 is 0.559 bits per heavy atom. The second kappa shape index (κ2) is 9.00. The summed E-state index contributed by atoms with van der Waals surface area (Å²) in [4.78, 5) is 10.2. The molecule has 168 valence electrons. The van der Waals surface area contributed by atoms with E-state index in [1.165, 1.54) is 32.7 Å². The zero-order chi connectivity index (χ0) is 23.7. The molecule has 0 amide bonds. The van der Waals surface area contributed by atoms with Gasteiger partial charge >= 0.3 is 0 Å². The molecule has 3 heteroatoms. The number of aryl methyl sites for hydroxylation is 2. The van der Waals surface area contributed by atoms with E-state index >= 15 is 0 Å². The lowest BCUT2D eigenvalue weighted by Crippen LogP contribution is -2.32. The van der Waals surface area contributed by atoms with Crippen LogP contribution in [0, 0.1) is 13.8 Å². The minimum Gasteiger partial charge on any atom is -0.254 e. The van der Waals surface area contributed by atoms with Crippen molar-refractivity contribution in [3.8, 4) is 0 Å². The van der Waals surface area contributed by atoms with Crippen molar-refractivity contribution in [3.05, 3.63) is 131 Å². The van der Waals surface area contributed by atoms with Gasteiger partial charge in [0.05, 0.1) is 11.4 Å². The Bertz CT molecular complexity index is 1300. The Balaban J connectivity index is 1.95. The van der Waals surface area contributed by atoms with Crippen molar-refractivity contribution in [2.24, 2.45) is 0 Å². The monoisotopic (exact) mass is 458 g/mol. The third-order valence-corrected chi connectivity index (χ3v) is 11.6. The van der Waals surface area contributed by atoms with Gasteiger partial charge in [-0.2, -0.15) is 0 Å². The quantitative estimate of drug-likeness (QED) is 0.285. The fourth-order valence-electron chi connectivity index (χ4n) is 5.25. The van der Waals surface area contributed by atoms with Crippen LogP contribution < -0.4 is 0 Å². The molecule has 2 aromatic heterocycles. The second-order valence-corrected chi connectivity index (χ2v) is 13.6. The minimum atomic E-state index is -2.20. The Hall–Kier alpha value is -3.56. The predicted molar refractivity (Wildman–Crippen MR) is 147 cm³/mol. The number of nitrogens with zero attached hydrogens (tertiary/aromatic N) is 2. The van der Waals surface area contributed by atoms with E-state index in [-0.39, 0.29) is 0 Å². The van der Waals surface area contributed by atoms with Crippen LogP contribution in [0.3, 0.4) is 0 Å². The van der Waals surface area contributed by atoms with Gasteiger partial charge in [0, 0.05) is 11.4 Å². The summed E-state index contributed by atoms with van der Waals surface area (Å²) in [5.41, 5.74) is 9.43. The van der Waals surface area contributed by atoms with Gasteiger partial charge in [0.1, 0.15) is 8.07 Å². The van der Waals surface area contributed by atoms with E-state index in [9.17, 15) is 0 Å². The van der Waals surface area contributed by atoms with E-state index in [1.807, 2.05) is 0 Å². The van der Waals surface area contributed by atoms with Crippen molar-refractivity contribution in [2.45, 2.75) is 33.4 Å². The standard InChI is InChI=1S/C31H30N2Si/c1-5-34(4)30(26-20-12-14-22(2)32-26)28(24-16-8-6-9-17-24)29(25-18-10-7-11-19-25)31(34)27-21-13-15-23(3)33-27/h6-21H,5H2,1-4H3. The SMILES string of the molecule is CC[Si]1(C)C(c2cccc(C)n2)=C(c2ccccc2)C(c2ccccc2)=C1c1cccc(C)n1. The lowest BCUT2D eigenvalue weighted by molar-refractivity contribution is 1.17. The third kappa shape index (κ3) is 3.76. The molecule has 1 aliphatic rings. The lowest BCUT2D eigenvalue weighted by Gasteiger charge is -2.28. The highest BCUT2D eigenvalue weighted by Crippen LogP contribution is 2.56. The number of hydrogen-bond donors (Lipinski definition) is 0. The fraction of sp³-hybridized carbons (Fsp3) is 0.161. The van der Waals surface area contributed by atoms with E-state index in [2.05, 4.69) is 124 Å². The molecule has 0 fully saturated rings. The minimum absolute atomic E-state index is 1.05. The summed E-state index contributed by atoms with van der Waals surface area (Å²) in [6.45, 7) is 9.01. The Kier molecular flexibility index (Phi) is 5.89. The van der Waals surface area contributed by atoms with Crippen molar-refractivity contribution < 1.29 is 0 Å². The number of pyridine rings is 2. The molecule has 2 nitrogen and oxygen atoms in total. The molecule has 4 aromatic rings. The van der Waals surface area contributed by atoms with E-state index in [1.54, 1.807) is 0 Å². The van der Waals surface area contributed by atoms with Crippen LogP contribution in [-0.2, 0) is 0 Å². The number of hydrogen-bond acceptors (Lipinski definition) is 2. The van der Waals surface area contributed by atoms with Gasteiger partial charge in [-0.25, -0.2) is 0 Å². The highest BCUT2D eigenvalue weighted by Gasteiger charge is 2.47. The van der Waals surface area contributed by atoms with Gasteiger partial charge in [-0.1, -0.05) is 92.3 Å². The topological polar surface area (TPSA) is 25.8 Å². The molecular weight excluding hydrogens is 428 g/mol. The summed E-state index contributed by atoms with van der Waals surface area (Å²) >= 11 is 0. The third-order valence-electron chi connectivity index (χ3n) is 6.97. The van der Waals surface area contributed by atoms with Crippen molar-refractivity contribution >= 4 is 29.6 Å². The molecule has 0 saturated heterocycles. The van der Waals surface area contributed by atoms with Crippen LogP contribution in [-0.4, -0.2) is 18.0 Å². The zero-order valence-corrected chi connectivity index (χ0v) is 21.3. The average molecular weight is 459 g/mol. The molecule has 0 spiro atoms. The van der Waals surface area contributed by atoms with Crippen LogP contribution in [0.1, 0.15) is 40.8 Å². The molecule has 0 saturated carbocycles. The first-order valence-corrected chi connectivity index (χ1v) is 14.7. The molecule has 0 bridgehead atoms. The van der Waals surface area contributed by atoms with Gasteiger partial charge in [0.15, 0.2) is 0 Å². The Morgan fingerprint density at radius 2 is 0.971 bits per heavy atom. The van der Waals surface area contributed by atoms with Gasteiger partial charge in [-0.3, -0.25) is 9.97 Å². The molecule has 0 radical (unpaired) electrons. The predicted octanol–water partition coefficient (Wildman–Crippen LogP) is 7.81. The zero-order valence-electron chi connectivity index (χ0n) is 20.3. The molecule has 5 rings (SSSR count). The number of rotatable bonds is 5. The first-order chi connectivity index (χ1) is 16.5. The van der Waals surface area contributed by atoms with Crippen molar-refractivity contribution in [1.82, 2.24) is 9.97 Å². The summed E-state index contributed by atoms with van der Waals surface area (Å²) in [6.07, 6.45) is 0. The summed E-state index contributed by atoms with van der Waals surface area (Å²) in [7, 11) is -2.20. The summed E-state index contributed by atoms with van der Waals surface area (Å²) in [6, 6.07) is 35.6. The second-order valence-electron chi connectivity index (χ2n) is 9.25. The van der Waals surface area contributed by atoms with E-state index in [0.717, 1.165) is 28.8 Å². The number of aromatic nitrogens is 2. The van der Waals surface area contributed by atoms with Crippen LogP contribution in [0.15, 0.2) is 97.1 Å². The maximum atomic E-state index is 5.08. The van der Waals surface area contributed by atoms with Gasteiger partial charge in [0.2, 0.25) is 0 Å². The fourth-order valence-corrected chi connectivity index (χ4v) is 9.26. The highest BCUT2D eigenvalue weighted by atomic mass is 28.3. The number of benzene rings is 2. The molecule has 3 heterocycles. The Labute approximate surface area is 203 Å². The lowest BCUT2D eigenvalue weighted by atomic mass is 9.90. The van der Waals surface area contributed by atoms with Crippen molar-refractivity contribution in [3.63, 3.8) is 0 Å². The summed E-state index contributed by atoms with van der Waals surface area (Å²) in [5.74, 6) is 0. The van der Waals surface area contributed by atoms with Gasteiger partial charge in [-0.15, -0.1) is 0 Å². The molecule has 2 aromatic carbocycles. The molecule has 0 atom stereocenters. The van der Waals surface area contributed by atoms with Gasteiger partial charge < -0.3 is 0 Å². The first kappa shape index (κ1) is 22.2. The van der Waals surface area contributed by atoms with Crippen LogP contribution >= 0.6 is 0 Å². The van der Waals surface area contributed by atoms with E-state index in [0.29, 0.717) is 0 Å². The Morgan fingerprint density at radius 3 is 1.32 bits per heavy atom. The average Bonchev–Trinajstić information content (AvgIpc) is 3.15. The van der Waals surface area contributed by atoms with Crippen LogP contribution in [0.2, 0.25) is 12.6 Å². The molecule has 34 heavy (non-hydrogen) atoms. The van der Waals surface area contributed by atoms with Crippen molar-refractivity contribution in [2.75, 3.05) is 0 Å². The number of allylic oxidation sites excluding steroid dienone is 2. The first-order valence-electron chi connectivity index (χ1n) is 12.0. The molecule has 0 aliphatic carbocycles. The highest BCUT2D eigenvalue weighted by molar-refractivity contribution is 7.13. The van der Waals surface area contributed by atoms with Gasteiger partial charge in [0.25, 0.3) is 0 Å². The van der Waals surface area contributed by atoms with Crippen LogP contribution in [0.25, 0.3) is 21.5 Å². The van der Waals surface area contributed by atoms with Crippen LogP contribution in [0.5, 0.6) is 0 Å². The normalized spacial score (nSPS) is 15.2. The maximum absolute atomic E-state index is 5.08. The summed E-state index contributed by atoms with van der Waals surface area (Å²) in [5, 5.41) is 2.84. The smallest absolute Gasteiger partial charge is 0.122 e. The largest absolute Gasteiger partial charge is 0.254 e. The molecular formula is C31H30N2Si. The molecule has 0 N–H and O–H groups in total. The van der Waals surface area contributed by atoms with E-state index in [4.69, 9.17) is 9.97 Å².